The molecule has 0 unspecified atom stereocenters. The summed E-state index contributed by atoms with van der Waals surface area (Å²) in [6.45, 7) is 7.35. The van der Waals surface area contributed by atoms with E-state index in [-0.39, 0.29) is 20.4 Å². The van der Waals surface area contributed by atoms with Crippen molar-refractivity contribution in [1.82, 2.24) is 9.97 Å². The van der Waals surface area contributed by atoms with Gasteiger partial charge in [-0.2, -0.15) is 0 Å². The largest absolute Gasteiger partial charge is 0.460 e. The van der Waals surface area contributed by atoms with Crippen LogP contribution < -0.4 is 10.6 Å². The number of esters is 1. The Morgan fingerprint density at radius 1 is 1.20 bits per heavy atom. The topological polar surface area (TPSA) is 98.4 Å². The Hall–Kier alpha value is -2.96. The molecule has 1 aliphatic rings. The van der Waals surface area contributed by atoms with Gasteiger partial charge in [0.1, 0.15) is 22.9 Å². The van der Waals surface area contributed by atoms with Gasteiger partial charge in [0, 0.05) is 28.6 Å². The summed E-state index contributed by atoms with van der Waals surface area (Å²) in [4.78, 5) is 35.4. The van der Waals surface area contributed by atoms with Crippen molar-refractivity contribution < 1.29 is 17.2 Å². The number of carbonyl (C=O) groups excluding carboxylic acids is 2. The minimum atomic E-state index is -0.435. The maximum absolute atomic E-state index is 12.8. The molecular formula is C23H34N4O3. The summed E-state index contributed by atoms with van der Waals surface area (Å²) < 4.78 is 5.40. The van der Waals surface area contributed by atoms with E-state index in [0.29, 0.717) is 23.6 Å². The van der Waals surface area contributed by atoms with Crippen LogP contribution in [0.4, 0.5) is 11.6 Å². The third-order valence-electron chi connectivity index (χ3n) is 5.17. The van der Waals surface area contributed by atoms with Crippen molar-refractivity contribution in [2.45, 2.75) is 52.1 Å². The molecule has 1 aliphatic heterocycles. The minimum Gasteiger partial charge on any atom is -0.460 e. The van der Waals surface area contributed by atoms with E-state index in [1.165, 1.54) is 0 Å². The minimum absolute atomic E-state index is 0. The van der Waals surface area contributed by atoms with E-state index >= 15 is 0 Å². The lowest BCUT2D eigenvalue weighted by molar-refractivity contribution is -0.155. The number of nitrogens with zero attached hydrogens (tertiary/aromatic N) is 3. The molecule has 0 aliphatic carbocycles. The van der Waals surface area contributed by atoms with Crippen LogP contribution in [0.3, 0.4) is 0 Å². The van der Waals surface area contributed by atoms with Crippen LogP contribution in [0.1, 0.15) is 65.4 Å². The van der Waals surface area contributed by atoms with E-state index < -0.39 is 5.60 Å². The lowest BCUT2D eigenvalue weighted by atomic mass is 9.92. The summed E-state index contributed by atoms with van der Waals surface area (Å²) in [5.41, 5.74) is 6.12. The summed E-state index contributed by atoms with van der Waals surface area (Å²) in [5, 5.41) is 0. The molecule has 7 heteroatoms. The van der Waals surface area contributed by atoms with Crippen molar-refractivity contribution in [1.29, 1.82) is 0 Å². The molecule has 7 nitrogen and oxygen atoms in total. The fourth-order valence-electron chi connectivity index (χ4n) is 3.64. The van der Waals surface area contributed by atoms with E-state index in [4.69, 9.17) is 10.5 Å². The first-order valence-electron chi connectivity index (χ1n) is 10.4. The fourth-order valence-corrected chi connectivity index (χ4v) is 3.64. The standard InChI is InChI=1S/C23H30N4O3.2H2/c1-23(2,3)30-20(28)10-9-16-11-14-27(15-12-16)19-8-4-7-18(26-19)21(29)17-6-5-13-25-22(17)24;;/h4-8,13,16H,9-12,14-15H2,1-3H3,(H2,24,25);2*1H. The SMILES string of the molecule is CC(C)(C)OC(=O)CCC1CCN(c2cccc(C(=O)c3cccnc3N)n2)CC1.[HH].[HH]. The molecule has 30 heavy (non-hydrogen) atoms. The number of aromatic nitrogens is 2. The highest BCUT2D eigenvalue weighted by Crippen LogP contribution is 2.26. The number of anilines is 2. The van der Waals surface area contributed by atoms with Crippen LogP contribution in [0.2, 0.25) is 0 Å². The van der Waals surface area contributed by atoms with Gasteiger partial charge in [0.2, 0.25) is 5.78 Å². The number of pyridine rings is 2. The average Bonchev–Trinajstić information content (AvgIpc) is 2.71. The molecule has 164 valence electrons. The summed E-state index contributed by atoms with van der Waals surface area (Å²) >= 11 is 0. The van der Waals surface area contributed by atoms with Crippen LogP contribution in [0.15, 0.2) is 36.5 Å². The quantitative estimate of drug-likeness (QED) is 0.561. The van der Waals surface area contributed by atoms with Crippen LogP contribution in [-0.2, 0) is 9.53 Å². The first-order valence-corrected chi connectivity index (χ1v) is 10.4. The number of carbonyl (C=O) groups is 2. The molecule has 1 fully saturated rings. The number of nitrogen functional groups attached to an aromatic ring is 1. The second kappa shape index (κ2) is 9.24. The maximum atomic E-state index is 12.8. The molecule has 2 aromatic rings. The van der Waals surface area contributed by atoms with Crippen molar-refractivity contribution in [3.05, 3.63) is 47.8 Å². The van der Waals surface area contributed by atoms with Gasteiger partial charge in [-0.25, -0.2) is 9.97 Å². The van der Waals surface area contributed by atoms with E-state index in [1.54, 1.807) is 24.4 Å². The molecule has 0 atom stereocenters. The lowest BCUT2D eigenvalue weighted by Gasteiger charge is -2.33. The van der Waals surface area contributed by atoms with Crippen LogP contribution in [0.25, 0.3) is 0 Å². The Kier molecular flexibility index (Phi) is 6.70. The van der Waals surface area contributed by atoms with Crippen molar-refractivity contribution in [2.75, 3.05) is 23.7 Å². The van der Waals surface area contributed by atoms with Crippen LogP contribution in [0, 0.1) is 5.92 Å². The zero-order chi connectivity index (χ0) is 21.7. The molecule has 3 heterocycles. The predicted molar refractivity (Wildman–Crippen MR) is 121 cm³/mol. The summed E-state index contributed by atoms with van der Waals surface area (Å²) in [5.74, 6) is 1.13. The smallest absolute Gasteiger partial charge is 0.306 e. The van der Waals surface area contributed by atoms with Crippen molar-refractivity contribution in [3.8, 4) is 0 Å². The highest BCUT2D eigenvalue weighted by atomic mass is 16.6. The number of ether oxygens (including phenoxy) is 1. The Morgan fingerprint density at radius 2 is 1.93 bits per heavy atom. The van der Waals surface area contributed by atoms with E-state index in [9.17, 15) is 9.59 Å². The number of hydrogen-bond acceptors (Lipinski definition) is 7. The van der Waals surface area contributed by atoms with Gasteiger partial charge in [0.15, 0.2) is 0 Å². The van der Waals surface area contributed by atoms with Gasteiger partial charge in [-0.1, -0.05) is 6.07 Å². The van der Waals surface area contributed by atoms with Gasteiger partial charge in [-0.15, -0.1) is 0 Å². The Morgan fingerprint density at radius 3 is 2.60 bits per heavy atom. The summed E-state index contributed by atoms with van der Waals surface area (Å²) in [6, 6.07) is 8.82. The van der Waals surface area contributed by atoms with E-state index in [1.807, 2.05) is 32.9 Å². The normalized spacial score (nSPS) is 15.1. The van der Waals surface area contributed by atoms with Gasteiger partial charge in [-0.3, -0.25) is 9.59 Å². The second-order valence-corrected chi connectivity index (χ2v) is 8.70. The summed E-state index contributed by atoms with van der Waals surface area (Å²) in [7, 11) is 0. The zero-order valence-electron chi connectivity index (χ0n) is 17.9. The van der Waals surface area contributed by atoms with Crippen LogP contribution in [0.5, 0.6) is 0 Å². The third-order valence-corrected chi connectivity index (χ3v) is 5.17. The van der Waals surface area contributed by atoms with E-state index in [2.05, 4.69) is 14.9 Å². The molecular weight excluding hydrogens is 380 g/mol. The molecule has 2 N–H and O–H groups in total. The molecule has 0 saturated carbocycles. The second-order valence-electron chi connectivity index (χ2n) is 8.70. The molecule has 0 radical (unpaired) electrons. The molecule has 0 spiro atoms. The number of hydrogen-bond donors (Lipinski definition) is 1. The average molecular weight is 415 g/mol. The molecule has 0 bridgehead atoms. The molecule has 0 aromatic carbocycles. The van der Waals surface area contributed by atoms with Crippen molar-refractivity contribution >= 4 is 23.4 Å². The first kappa shape index (κ1) is 21.7. The summed E-state index contributed by atoms with van der Waals surface area (Å²) in [6.07, 6.45) is 4.82. The van der Waals surface area contributed by atoms with Gasteiger partial charge >= 0.3 is 5.97 Å². The van der Waals surface area contributed by atoms with Crippen LogP contribution in [-0.4, -0.2) is 40.4 Å². The van der Waals surface area contributed by atoms with Gasteiger partial charge in [0.05, 0.1) is 5.56 Å². The van der Waals surface area contributed by atoms with Gasteiger partial charge in [0.25, 0.3) is 0 Å². The lowest BCUT2D eigenvalue weighted by Crippen LogP contribution is -2.34. The molecule has 1 saturated heterocycles. The van der Waals surface area contributed by atoms with Crippen molar-refractivity contribution in [2.24, 2.45) is 5.92 Å². The van der Waals surface area contributed by atoms with E-state index in [0.717, 1.165) is 38.2 Å². The Bertz CT molecular complexity index is 910. The first-order chi connectivity index (χ1) is 14.2. The van der Waals surface area contributed by atoms with Gasteiger partial charge < -0.3 is 15.4 Å². The third kappa shape index (κ3) is 5.78. The Labute approximate surface area is 180 Å². The number of nitrogens with two attached hydrogens (primary N) is 1. The number of ketones is 1. The Balaban J connectivity index is 0.00000256. The highest BCUT2D eigenvalue weighted by Gasteiger charge is 2.23. The van der Waals surface area contributed by atoms with Crippen molar-refractivity contribution in [3.63, 3.8) is 0 Å². The molecule has 0 amide bonds. The number of rotatable bonds is 6. The molecule has 3 rings (SSSR count). The zero-order valence-corrected chi connectivity index (χ0v) is 17.9. The van der Waals surface area contributed by atoms with Gasteiger partial charge in [-0.05, 0) is 70.2 Å². The maximum Gasteiger partial charge on any atom is 0.306 e. The number of piperidine rings is 1. The molecule has 2 aromatic heterocycles. The predicted octanol–water partition coefficient (Wildman–Crippen LogP) is 4.12. The monoisotopic (exact) mass is 414 g/mol. The highest BCUT2D eigenvalue weighted by molar-refractivity contribution is 6.10. The fraction of sp³-hybridized carbons (Fsp3) is 0.478. The van der Waals surface area contributed by atoms with Crippen LogP contribution >= 0.6 is 0 Å².